The molecule has 1 aliphatic carbocycles. The van der Waals surface area contributed by atoms with Crippen LogP contribution in [0.5, 0.6) is 0 Å². The summed E-state index contributed by atoms with van der Waals surface area (Å²) >= 11 is 0. The smallest absolute Gasteiger partial charge is 0.295 e. The van der Waals surface area contributed by atoms with Gasteiger partial charge in [-0.25, -0.2) is 21.8 Å². The van der Waals surface area contributed by atoms with Crippen LogP contribution >= 0.6 is 0 Å². The Morgan fingerprint density at radius 1 is 0.515 bits per heavy atom. The van der Waals surface area contributed by atoms with Gasteiger partial charge in [0.1, 0.15) is 21.1 Å². The number of fused-ring (bicyclic) bond motifs is 2. The van der Waals surface area contributed by atoms with Crippen molar-refractivity contribution < 1.29 is 47.2 Å². The molecule has 5 N–H and O–H groups in total. The van der Waals surface area contributed by atoms with E-state index in [-0.39, 0.29) is 54.1 Å². The monoisotopic (exact) mass is 992 g/mol. The molecule has 0 spiro atoms. The SMILES string of the molecule is Cc1cc(C)c(NS(=O)(=O)c2ccccc2)c(C)c1N=c1ccc2c(-c3ccccc3S(=O)(=O)O)c3ccc(Nc4c(C)c(NS(=O)(=O)c5ccccc5)c(C)c(S(=O)(=O)O)c4C)cc3oc-2c1. The molecule has 19 heteroatoms. The Labute approximate surface area is 394 Å². The zero-order chi connectivity index (χ0) is 49.1. The average Bonchev–Trinajstić information content (AvgIpc) is 3.28. The zero-order valence-corrected chi connectivity index (χ0v) is 40.5. The van der Waals surface area contributed by atoms with Crippen molar-refractivity contribution in [3.05, 3.63) is 166 Å². The van der Waals surface area contributed by atoms with E-state index < -0.39 is 45.2 Å². The molecule has 0 amide bonds. The van der Waals surface area contributed by atoms with E-state index in [1.54, 1.807) is 106 Å². The van der Waals surface area contributed by atoms with Crippen LogP contribution in [0.15, 0.2) is 156 Å². The van der Waals surface area contributed by atoms with Crippen LogP contribution in [0.1, 0.15) is 33.4 Å². The van der Waals surface area contributed by atoms with Crippen LogP contribution in [0.4, 0.5) is 28.4 Å². The van der Waals surface area contributed by atoms with Gasteiger partial charge in [0.15, 0.2) is 0 Å². The van der Waals surface area contributed by atoms with Crippen LogP contribution in [-0.2, 0) is 40.3 Å². The molecular weight excluding hydrogens is 949 g/mol. The Morgan fingerprint density at radius 3 is 1.69 bits per heavy atom. The first kappa shape index (κ1) is 47.6. The molecule has 8 rings (SSSR count). The highest BCUT2D eigenvalue weighted by Gasteiger charge is 2.29. The van der Waals surface area contributed by atoms with E-state index in [1.807, 2.05) is 13.0 Å². The minimum absolute atomic E-state index is 0.0309. The van der Waals surface area contributed by atoms with Gasteiger partial charge in [0.25, 0.3) is 40.3 Å². The van der Waals surface area contributed by atoms with E-state index in [4.69, 9.17) is 9.41 Å². The lowest BCUT2D eigenvalue weighted by Gasteiger charge is -2.23. The first-order valence-corrected chi connectivity index (χ1v) is 26.6. The lowest BCUT2D eigenvalue weighted by molar-refractivity contribution is 0.480. The summed E-state index contributed by atoms with van der Waals surface area (Å²) in [4.78, 5) is 4.10. The predicted octanol–water partition coefficient (Wildman–Crippen LogP) is 10.1. The predicted molar refractivity (Wildman–Crippen MR) is 262 cm³/mol. The highest BCUT2D eigenvalue weighted by Crippen LogP contribution is 2.45. The number of nitrogens with one attached hydrogen (secondary N) is 3. The van der Waals surface area contributed by atoms with Gasteiger partial charge in [-0.15, -0.1) is 0 Å². The second-order valence-electron chi connectivity index (χ2n) is 16.2. The lowest BCUT2D eigenvalue weighted by Crippen LogP contribution is -2.18. The molecule has 15 nitrogen and oxygen atoms in total. The van der Waals surface area contributed by atoms with Crippen LogP contribution in [0.25, 0.3) is 33.4 Å². The lowest BCUT2D eigenvalue weighted by atomic mass is 9.93. The molecule has 0 radical (unpaired) electrons. The number of benzene rings is 7. The normalized spacial score (nSPS) is 12.7. The molecule has 6 aromatic rings. The third kappa shape index (κ3) is 9.11. The third-order valence-electron chi connectivity index (χ3n) is 11.6. The molecule has 0 saturated carbocycles. The van der Waals surface area contributed by atoms with Crippen LogP contribution in [0.3, 0.4) is 0 Å². The summed E-state index contributed by atoms with van der Waals surface area (Å²) in [6, 6.07) is 33.1. The van der Waals surface area contributed by atoms with Gasteiger partial charge in [-0.1, -0.05) is 60.7 Å². The van der Waals surface area contributed by atoms with E-state index in [0.717, 1.165) is 5.56 Å². The summed E-state index contributed by atoms with van der Waals surface area (Å²) in [7, 11) is -17.9. The number of rotatable bonds is 12. The number of sulfonamides is 2. The van der Waals surface area contributed by atoms with E-state index >= 15 is 0 Å². The molecule has 0 aromatic heterocycles. The van der Waals surface area contributed by atoms with Crippen molar-refractivity contribution in [1.82, 2.24) is 0 Å². The van der Waals surface area contributed by atoms with E-state index in [0.29, 0.717) is 55.6 Å². The van der Waals surface area contributed by atoms with Gasteiger partial charge in [-0.2, -0.15) is 16.8 Å². The third-order valence-corrected chi connectivity index (χ3v) is 16.4. The van der Waals surface area contributed by atoms with Crippen LogP contribution < -0.4 is 20.1 Å². The van der Waals surface area contributed by atoms with Crippen LogP contribution in [-0.4, -0.2) is 42.8 Å². The van der Waals surface area contributed by atoms with Crippen molar-refractivity contribution in [3.8, 4) is 22.5 Å². The topological polar surface area (TPSA) is 239 Å². The van der Waals surface area contributed by atoms with Gasteiger partial charge >= 0.3 is 0 Å². The average molecular weight is 993 g/mol. The molecule has 0 unspecified atom stereocenters. The van der Waals surface area contributed by atoms with Gasteiger partial charge in [-0.05, 0) is 130 Å². The molecule has 0 atom stereocenters. The maximum absolute atomic E-state index is 13.6. The van der Waals surface area contributed by atoms with Crippen molar-refractivity contribution in [2.45, 2.75) is 61.1 Å². The summed E-state index contributed by atoms with van der Waals surface area (Å²) in [6.07, 6.45) is 0. The fourth-order valence-corrected chi connectivity index (χ4v) is 12.6. The molecule has 0 fully saturated rings. The van der Waals surface area contributed by atoms with Crippen LogP contribution in [0, 0.1) is 41.5 Å². The molecule has 350 valence electrons. The van der Waals surface area contributed by atoms with Gasteiger partial charge in [0.2, 0.25) is 0 Å². The van der Waals surface area contributed by atoms with Gasteiger partial charge < -0.3 is 9.73 Å². The molecule has 2 aliphatic rings. The Morgan fingerprint density at radius 2 is 1.09 bits per heavy atom. The van der Waals surface area contributed by atoms with Gasteiger partial charge in [-0.3, -0.25) is 18.5 Å². The zero-order valence-electron chi connectivity index (χ0n) is 37.3. The fourth-order valence-electron chi connectivity index (χ4n) is 8.50. The highest BCUT2D eigenvalue weighted by atomic mass is 32.2. The van der Waals surface area contributed by atoms with E-state index in [2.05, 4.69) is 14.8 Å². The van der Waals surface area contributed by atoms with Crippen molar-refractivity contribution in [2.75, 3.05) is 14.8 Å². The maximum atomic E-state index is 13.6. The first-order valence-electron chi connectivity index (χ1n) is 20.7. The number of anilines is 4. The summed E-state index contributed by atoms with van der Waals surface area (Å²) in [5.41, 5.74) is 4.78. The number of aryl methyl sites for hydroxylation is 2. The van der Waals surface area contributed by atoms with Gasteiger partial charge in [0, 0.05) is 45.6 Å². The summed E-state index contributed by atoms with van der Waals surface area (Å²) in [5, 5.41) is 4.01. The quantitative estimate of drug-likeness (QED) is 0.0568. The van der Waals surface area contributed by atoms with Crippen molar-refractivity contribution in [1.29, 1.82) is 0 Å². The van der Waals surface area contributed by atoms with Crippen molar-refractivity contribution >= 4 is 79.7 Å². The fraction of sp³-hybridized carbons (Fsp3) is 0.122. The Balaban J connectivity index is 1.31. The molecule has 1 aliphatic heterocycles. The molecular formula is C49H44N4O11S4. The van der Waals surface area contributed by atoms with Gasteiger partial charge in [0.05, 0.1) is 32.2 Å². The number of hydrogen-bond donors (Lipinski definition) is 5. The van der Waals surface area contributed by atoms with Crippen LogP contribution in [0.2, 0.25) is 0 Å². The first-order chi connectivity index (χ1) is 32.0. The summed E-state index contributed by atoms with van der Waals surface area (Å²) in [5.74, 6) is 0.234. The number of hydrogen-bond acceptors (Lipinski definition) is 11. The largest absolute Gasteiger partial charge is 0.456 e. The standard InChI is InChI=1S/C49H44N4O11S4/c1-28-25-29(2)46(52-65(54,55)36-15-9-7-10-16-36)30(3)45(28)50-34-21-23-38-41(26-34)64-42-27-35(22-24-39(42)44(38)40-19-13-14-20-43(40)67(58,59)60)51-47-31(4)48(33(6)49(32(47)5)68(61,62)63)53-66(56,57)37-17-11-8-12-18-37/h7-27,51-53H,1-6H3,(H,58,59,60)(H,61,62,63). The Bertz CT molecular complexity index is 3860. The van der Waals surface area contributed by atoms with Crippen molar-refractivity contribution in [3.63, 3.8) is 0 Å². The molecule has 6 aromatic carbocycles. The molecule has 1 heterocycles. The summed E-state index contributed by atoms with van der Waals surface area (Å²) < 4.78 is 138. The van der Waals surface area contributed by atoms with E-state index in [9.17, 15) is 42.8 Å². The Kier molecular flexibility index (Phi) is 12.4. The maximum Gasteiger partial charge on any atom is 0.295 e. The minimum atomic E-state index is -4.91. The number of nitrogens with zero attached hydrogens (tertiary/aromatic N) is 1. The molecule has 68 heavy (non-hydrogen) atoms. The summed E-state index contributed by atoms with van der Waals surface area (Å²) in [6.45, 7) is 9.85. The van der Waals surface area contributed by atoms with Crippen molar-refractivity contribution in [2.24, 2.45) is 4.99 Å². The minimum Gasteiger partial charge on any atom is -0.456 e. The Hall–Kier alpha value is -6.87. The van der Waals surface area contributed by atoms with E-state index in [1.165, 1.54) is 50.2 Å². The molecule has 0 bridgehead atoms. The second kappa shape index (κ2) is 17.7. The molecule has 0 saturated heterocycles. The highest BCUT2D eigenvalue weighted by molar-refractivity contribution is 7.93. The second-order valence-corrected chi connectivity index (χ2v) is 22.3.